The highest BCUT2D eigenvalue weighted by atomic mass is 16.3. The Labute approximate surface area is 92.3 Å². The molecule has 0 spiro atoms. The van der Waals surface area contributed by atoms with E-state index in [1.807, 2.05) is 13.0 Å². The molecule has 0 fully saturated rings. The Bertz CT molecular complexity index is 258. The third-order valence-corrected chi connectivity index (χ3v) is 2.56. The van der Waals surface area contributed by atoms with E-state index >= 15 is 0 Å². The molecule has 0 aromatic heterocycles. The molecule has 0 aliphatic carbocycles. The van der Waals surface area contributed by atoms with Crippen LogP contribution >= 0.6 is 0 Å². The molecule has 2 nitrogen and oxygen atoms in total. The number of rotatable bonds is 6. The lowest BCUT2D eigenvalue weighted by molar-refractivity contribution is 0.182. The molecule has 2 atom stereocenters. The van der Waals surface area contributed by atoms with Crippen molar-refractivity contribution in [2.75, 3.05) is 6.54 Å². The Morgan fingerprint density at radius 2 is 1.93 bits per heavy atom. The second-order valence-corrected chi connectivity index (χ2v) is 3.96. The van der Waals surface area contributed by atoms with E-state index in [1.165, 1.54) is 5.56 Å². The van der Waals surface area contributed by atoms with Crippen LogP contribution in [0.15, 0.2) is 30.3 Å². The van der Waals surface area contributed by atoms with Gasteiger partial charge in [0.05, 0.1) is 6.10 Å². The maximum atomic E-state index is 9.17. The highest BCUT2D eigenvalue weighted by Crippen LogP contribution is 2.15. The summed E-state index contributed by atoms with van der Waals surface area (Å²) in [4.78, 5) is 0. The van der Waals surface area contributed by atoms with Crippen LogP contribution in [-0.4, -0.2) is 17.8 Å². The molecular formula is C13H21NO. The van der Waals surface area contributed by atoms with Gasteiger partial charge in [0.25, 0.3) is 0 Å². The van der Waals surface area contributed by atoms with Crippen molar-refractivity contribution in [3.05, 3.63) is 35.9 Å². The monoisotopic (exact) mass is 207 g/mol. The average molecular weight is 207 g/mol. The molecular weight excluding hydrogens is 186 g/mol. The first-order chi connectivity index (χ1) is 7.24. The van der Waals surface area contributed by atoms with E-state index in [0.717, 1.165) is 19.4 Å². The first-order valence-electron chi connectivity index (χ1n) is 5.70. The quantitative estimate of drug-likeness (QED) is 0.751. The van der Waals surface area contributed by atoms with Crippen molar-refractivity contribution in [1.29, 1.82) is 0 Å². The molecule has 2 N–H and O–H groups in total. The first-order valence-corrected chi connectivity index (χ1v) is 5.70. The fourth-order valence-corrected chi connectivity index (χ4v) is 1.65. The Morgan fingerprint density at radius 1 is 1.27 bits per heavy atom. The molecule has 0 saturated carbocycles. The predicted molar refractivity (Wildman–Crippen MR) is 63.8 cm³/mol. The molecule has 84 valence electrons. The van der Waals surface area contributed by atoms with Crippen LogP contribution in [-0.2, 0) is 0 Å². The minimum Gasteiger partial charge on any atom is -0.393 e. The maximum absolute atomic E-state index is 9.17. The number of aliphatic hydroxyl groups excluding tert-OH is 1. The molecule has 0 bridgehead atoms. The zero-order chi connectivity index (χ0) is 11.1. The summed E-state index contributed by atoms with van der Waals surface area (Å²) in [7, 11) is 0. The lowest BCUT2D eigenvalue weighted by atomic mass is 10.0. The normalized spacial score (nSPS) is 14.9. The molecule has 1 aromatic rings. The molecule has 15 heavy (non-hydrogen) atoms. The van der Waals surface area contributed by atoms with E-state index in [2.05, 4.69) is 36.5 Å². The molecule has 1 rings (SSSR count). The van der Waals surface area contributed by atoms with Crippen molar-refractivity contribution in [1.82, 2.24) is 5.32 Å². The highest BCUT2D eigenvalue weighted by Gasteiger charge is 2.07. The molecule has 0 amide bonds. The van der Waals surface area contributed by atoms with E-state index < -0.39 is 0 Å². The van der Waals surface area contributed by atoms with Crippen molar-refractivity contribution in [3.8, 4) is 0 Å². The van der Waals surface area contributed by atoms with Crippen molar-refractivity contribution in [2.24, 2.45) is 0 Å². The fraction of sp³-hybridized carbons (Fsp3) is 0.538. The number of hydrogen-bond donors (Lipinski definition) is 2. The van der Waals surface area contributed by atoms with E-state index in [4.69, 9.17) is 5.11 Å². The summed E-state index contributed by atoms with van der Waals surface area (Å²) in [5.74, 6) is 0. The number of aliphatic hydroxyl groups is 1. The lowest BCUT2D eigenvalue weighted by Gasteiger charge is -2.17. The second kappa shape index (κ2) is 6.59. The summed E-state index contributed by atoms with van der Waals surface area (Å²) < 4.78 is 0. The highest BCUT2D eigenvalue weighted by molar-refractivity contribution is 5.18. The fourth-order valence-electron chi connectivity index (χ4n) is 1.65. The molecule has 0 unspecified atom stereocenters. The van der Waals surface area contributed by atoms with E-state index in [-0.39, 0.29) is 6.10 Å². The Morgan fingerprint density at radius 3 is 2.47 bits per heavy atom. The van der Waals surface area contributed by atoms with Gasteiger partial charge in [-0.2, -0.15) is 0 Å². The Kier molecular flexibility index (Phi) is 5.37. The molecule has 0 heterocycles. The average Bonchev–Trinajstić information content (AvgIpc) is 2.25. The van der Waals surface area contributed by atoms with Gasteiger partial charge < -0.3 is 10.4 Å². The topological polar surface area (TPSA) is 32.3 Å². The van der Waals surface area contributed by atoms with E-state index in [0.29, 0.717) is 6.04 Å². The summed E-state index contributed by atoms with van der Waals surface area (Å²) in [6.07, 6.45) is 1.67. The van der Waals surface area contributed by atoms with Crippen LogP contribution in [0.25, 0.3) is 0 Å². The van der Waals surface area contributed by atoms with Gasteiger partial charge in [0.2, 0.25) is 0 Å². The van der Waals surface area contributed by atoms with Crippen molar-refractivity contribution in [2.45, 2.75) is 38.8 Å². The summed E-state index contributed by atoms with van der Waals surface area (Å²) in [6.45, 7) is 4.86. The predicted octanol–water partition coefficient (Wildman–Crippen LogP) is 2.50. The van der Waals surface area contributed by atoms with Gasteiger partial charge in [-0.1, -0.05) is 37.3 Å². The van der Waals surface area contributed by atoms with Crippen LogP contribution in [0.4, 0.5) is 0 Å². The summed E-state index contributed by atoms with van der Waals surface area (Å²) >= 11 is 0. The smallest absolute Gasteiger partial charge is 0.0524 e. The van der Waals surface area contributed by atoms with Gasteiger partial charge in [0.1, 0.15) is 0 Å². The number of nitrogens with one attached hydrogen (secondary N) is 1. The van der Waals surface area contributed by atoms with Crippen LogP contribution in [0.3, 0.4) is 0 Å². The number of benzene rings is 1. The molecule has 0 aliphatic heterocycles. The molecule has 0 radical (unpaired) electrons. The lowest BCUT2D eigenvalue weighted by Crippen LogP contribution is -2.24. The number of hydrogen-bond acceptors (Lipinski definition) is 2. The second-order valence-electron chi connectivity index (χ2n) is 3.96. The van der Waals surface area contributed by atoms with Gasteiger partial charge in [0.15, 0.2) is 0 Å². The van der Waals surface area contributed by atoms with E-state index in [9.17, 15) is 0 Å². The zero-order valence-electron chi connectivity index (χ0n) is 9.61. The van der Waals surface area contributed by atoms with Crippen molar-refractivity contribution < 1.29 is 5.11 Å². The zero-order valence-corrected chi connectivity index (χ0v) is 9.61. The van der Waals surface area contributed by atoms with Gasteiger partial charge in [-0.25, -0.2) is 0 Å². The van der Waals surface area contributed by atoms with E-state index in [1.54, 1.807) is 0 Å². The molecule has 1 aromatic carbocycles. The van der Waals surface area contributed by atoms with Crippen LogP contribution in [0.2, 0.25) is 0 Å². The third kappa shape index (κ3) is 4.45. The molecule has 0 saturated heterocycles. The van der Waals surface area contributed by atoms with Crippen LogP contribution in [0.1, 0.15) is 38.3 Å². The van der Waals surface area contributed by atoms with Crippen LogP contribution in [0.5, 0.6) is 0 Å². The molecule has 0 aliphatic rings. The van der Waals surface area contributed by atoms with Gasteiger partial charge in [-0.05, 0) is 31.9 Å². The summed E-state index contributed by atoms with van der Waals surface area (Å²) in [6, 6.07) is 10.9. The van der Waals surface area contributed by atoms with Gasteiger partial charge >= 0.3 is 0 Å². The summed E-state index contributed by atoms with van der Waals surface area (Å²) in [5.41, 5.74) is 1.32. The molecule has 2 heteroatoms. The van der Waals surface area contributed by atoms with Crippen LogP contribution in [0, 0.1) is 0 Å². The van der Waals surface area contributed by atoms with Crippen molar-refractivity contribution in [3.63, 3.8) is 0 Å². The van der Waals surface area contributed by atoms with Gasteiger partial charge in [-0.3, -0.25) is 0 Å². The maximum Gasteiger partial charge on any atom is 0.0524 e. The minimum absolute atomic E-state index is 0.217. The largest absolute Gasteiger partial charge is 0.393 e. The minimum atomic E-state index is -0.217. The Balaban J connectivity index is 2.43. The third-order valence-electron chi connectivity index (χ3n) is 2.56. The van der Waals surface area contributed by atoms with Crippen molar-refractivity contribution >= 4 is 0 Å². The SMILES string of the molecule is CC[C@@H](NCC[C@@H](C)O)c1ccccc1. The Hall–Kier alpha value is -0.860. The first kappa shape index (κ1) is 12.2. The standard InChI is InChI=1S/C13H21NO/c1-3-13(14-10-9-11(2)15)12-7-5-4-6-8-12/h4-8,11,13-15H,3,9-10H2,1-2H3/t11-,13-/m1/s1. The van der Waals surface area contributed by atoms with Gasteiger partial charge in [-0.15, -0.1) is 0 Å². The summed E-state index contributed by atoms with van der Waals surface area (Å²) in [5, 5.41) is 12.6. The van der Waals surface area contributed by atoms with Gasteiger partial charge in [0, 0.05) is 6.04 Å². The van der Waals surface area contributed by atoms with Crippen LogP contribution < -0.4 is 5.32 Å².